The van der Waals surface area contributed by atoms with Crippen LogP contribution in [0.4, 0.5) is 11.5 Å². The number of hydrogen-bond acceptors (Lipinski definition) is 6. The average Bonchev–Trinajstić information content (AvgIpc) is 3.01. The summed E-state index contributed by atoms with van der Waals surface area (Å²) < 4.78 is 27.6. The van der Waals surface area contributed by atoms with E-state index >= 15 is 0 Å². The van der Waals surface area contributed by atoms with Gasteiger partial charge in [0.15, 0.2) is 15.7 Å². The topological polar surface area (TPSA) is 85.1 Å². The third-order valence-corrected chi connectivity index (χ3v) is 4.18. The predicted molar refractivity (Wildman–Crippen MR) is 93.0 cm³/mol. The molecule has 2 heterocycles. The van der Waals surface area contributed by atoms with E-state index < -0.39 is 9.84 Å². The van der Waals surface area contributed by atoms with Crippen LogP contribution in [0.2, 0.25) is 5.15 Å². The summed E-state index contributed by atoms with van der Waals surface area (Å²) >= 11 is 6.04. The minimum atomic E-state index is -3.05. The van der Waals surface area contributed by atoms with Crippen LogP contribution in [-0.4, -0.2) is 24.6 Å². The SMILES string of the molecule is CS(=O)(=O)Cc1ccc(Nc2cc(Cl)nc(-c3ccoc3)n2)cc1. The Morgan fingerprint density at radius 2 is 1.92 bits per heavy atom. The quantitative estimate of drug-likeness (QED) is 0.696. The molecule has 0 radical (unpaired) electrons. The molecule has 8 heteroatoms. The highest BCUT2D eigenvalue weighted by Gasteiger charge is 2.08. The van der Waals surface area contributed by atoms with Crippen LogP contribution in [-0.2, 0) is 15.6 Å². The van der Waals surface area contributed by atoms with E-state index in [1.54, 1.807) is 36.4 Å². The van der Waals surface area contributed by atoms with E-state index in [-0.39, 0.29) is 5.75 Å². The molecule has 0 spiro atoms. The second kappa shape index (κ2) is 6.62. The highest BCUT2D eigenvalue weighted by molar-refractivity contribution is 7.89. The van der Waals surface area contributed by atoms with Gasteiger partial charge in [-0.15, -0.1) is 0 Å². The number of nitrogens with zero attached hydrogens (tertiary/aromatic N) is 2. The lowest BCUT2D eigenvalue weighted by molar-refractivity contribution is 0.568. The largest absolute Gasteiger partial charge is 0.472 e. The molecule has 3 aromatic rings. The van der Waals surface area contributed by atoms with E-state index in [1.807, 2.05) is 0 Å². The Hall–Kier alpha value is -2.38. The fourth-order valence-corrected chi connectivity index (χ4v) is 3.12. The predicted octanol–water partition coefficient (Wildman–Crippen LogP) is 3.68. The molecule has 0 saturated heterocycles. The van der Waals surface area contributed by atoms with Gasteiger partial charge >= 0.3 is 0 Å². The van der Waals surface area contributed by atoms with Crippen LogP contribution in [0.25, 0.3) is 11.4 Å². The second-order valence-corrected chi connectivity index (χ2v) is 7.83. The van der Waals surface area contributed by atoms with Crippen LogP contribution in [0.1, 0.15) is 5.56 Å². The molecule has 1 N–H and O–H groups in total. The van der Waals surface area contributed by atoms with Gasteiger partial charge in [0.25, 0.3) is 0 Å². The molecule has 0 amide bonds. The molecule has 0 atom stereocenters. The number of aromatic nitrogens is 2. The van der Waals surface area contributed by atoms with Crippen molar-refractivity contribution in [3.63, 3.8) is 0 Å². The molecule has 0 bridgehead atoms. The van der Waals surface area contributed by atoms with Crippen molar-refractivity contribution in [2.24, 2.45) is 0 Å². The molecule has 0 saturated carbocycles. The Kier molecular flexibility index (Phi) is 4.55. The third-order valence-electron chi connectivity index (χ3n) is 3.13. The van der Waals surface area contributed by atoms with Crippen molar-refractivity contribution in [1.82, 2.24) is 9.97 Å². The molecular weight excluding hydrogens is 350 g/mol. The summed E-state index contributed by atoms with van der Waals surface area (Å²) in [4.78, 5) is 8.55. The molecule has 0 aliphatic heterocycles. The monoisotopic (exact) mass is 363 g/mol. The van der Waals surface area contributed by atoms with Crippen LogP contribution in [0, 0.1) is 0 Å². The van der Waals surface area contributed by atoms with Gasteiger partial charge in [0.05, 0.1) is 17.6 Å². The number of anilines is 2. The smallest absolute Gasteiger partial charge is 0.166 e. The van der Waals surface area contributed by atoms with Gasteiger partial charge in [-0.3, -0.25) is 0 Å². The number of hydrogen-bond donors (Lipinski definition) is 1. The Balaban J connectivity index is 1.81. The van der Waals surface area contributed by atoms with E-state index in [2.05, 4.69) is 15.3 Å². The van der Waals surface area contributed by atoms with E-state index in [0.29, 0.717) is 16.8 Å². The molecule has 2 aromatic heterocycles. The normalized spacial score (nSPS) is 11.4. The lowest BCUT2D eigenvalue weighted by Gasteiger charge is -2.08. The summed E-state index contributed by atoms with van der Waals surface area (Å²) in [5, 5.41) is 3.42. The number of furan rings is 1. The highest BCUT2D eigenvalue weighted by atomic mass is 35.5. The molecule has 24 heavy (non-hydrogen) atoms. The first-order valence-electron chi connectivity index (χ1n) is 7.00. The zero-order valence-electron chi connectivity index (χ0n) is 12.7. The molecule has 124 valence electrons. The number of benzene rings is 1. The van der Waals surface area contributed by atoms with Crippen molar-refractivity contribution in [1.29, 1.82) is 0 Å². The number of halogens is 1. The summed E-state index contributed by atoms with van der Waals surface area (Å²) in [6.45, 7) is 0. The standard InChI is InChI=1S/C16H14ClN3O3S/c1-24(21,22)10-11-2-4-13(5-3-11)18-15-8-14(17)19-16(20-15)12-6-7-23-9-12/h2-9H,10H2,1H3,(H,18,19,20). The maximum atomic E-state index is 11.3. The zero-order chi connectivity index (χ0) is 17.2. The van der Waals surface area contributed by atoms with Gasteiger partial charge in [-0.25, -0.2) is 18.4 Å². The maximum absolute atomic E-state index is 11.3. The van der Waals surface area contributed by atoms with Crippen molar-refractivity contribution in [2.45, 2.75) is 5.75 Å². The summed E-state index contributed by atoms with van der Waals surface area (Å²) in [6, 6.07) is 10.4. The van der Waals surface area contributed by atoms with Crippen LogP contribution >= 0.6 is 11.6 Å². The number of sulfone groups is 1. The van der Waals surface area contributed by atoms with Crippen LogP contribution in [0.5, 0.6) is 0 Å². The van der Waals surface area contributed by atoms with Crippen molar-refractivity contribution >= 4 is 32.9 Å². The average molecular weight is 364 g/mol. The first-order valence-corrected chi connectivity index (χ1v) is 9.44. The lowest BCUT2D eigenvalue weighted by atomic mass is 10.2. The molecule has 0 unspecified atom stereocenters. The van der Waals surface area contributed by atoms with Gasteiger partial charge in [0.1, 0.15) is 17.2 Å². The molecular formula is C16H14ClN3O3S. The van der Waals surface area contributed by atoms with E-state index in [9.17, 15) is 8.42 Å². The number of nitrogens with one attached hydrogen (secondary N) is 1. The van der Waals surface area contributed by atoms with Gasteiger partial charge < -0.3 is 9.73 Å². The third kappa shape index (κ3) is 4.33. The zero-order valence-corrected chi connectivity index (χ0v) is 14.3. The second-order valence-electron chi connectivity index (χ2n) is 5.30. The van der Waals surface area contributed by atoms with Crippen molar-refractivity contribution in [3.05, 3.63) is 59.6 Å². The Morgan fingerprint density at radius 1 is 1.17 bits per heavy atom. The van der Waals surface area contributed by atoms with Crippen LogP contribution < -0.4 is 5.32 Å². The van der Waals surface area contributed by atoms with Crippen LogP contribution in [0.3, 0.4) is 0 Å². The van der Waals surface area contributed by atoms with Crippen molar-refractivity contribution in [2.75, 3.05) is 11.6 Å². The lowest BCUT2D eigenvalue weighted by Crippen LogP contribution is -2.01. The molecule has 1 aromatic carbocycles. The van der Waals surface area contributed by atoms with Gasteiger partial charge in [-0.2, -0.15) is 0 Å². The highest BCUT2D eigenvalue weighted by Crippen LogP contribution is 2.23. The van der Waals surface area contributed by atoms with E-state index in [1.165, 1.54) is 18.8 Å². The van der Waals surface area contributed by atoms with Crippen LogP contribution in [0.15, 0.2) is 53.3 Å². The van der Waals surface area contributed by atoms with Crippen molar-refractivity contribution < 1.29 is 12.8 Å². The first kappa shape index (κ1) is 16.5. The Labute approximate surface area is 144 Å². The van der Waals surface area contributed by atoms with E-state index in [0.717, 1.165) is 16.8 Å². The van der Waals surface area contributed by atoms with Crippen molar-refractivity contribution in [3.8, 4) is 11.4 Å². The number of rotatable bonds is 5. The van der Waals surface area contributed by atoms with Gasteiger partial charge in [-0.05, 0) is 23.8 Å². The molecule has 3 rings (SSSR count). The maximum Gasteiger partial charge on any atom is 0.166 e. The molecule has 6 nitrogen and oxygen atoms in total. The first-order chi connectivity index (χ1) is 11.4. The minimum Gasteiger partial charge on any atom is -0.472 e. The van der Waals surface area contributed by atoms with Gasteiger partial charge in [0.2, 0.25) is 0 Å². The molecule has 0 aliphatic carbocycles. The summed E-state index contributed by atoms with van der Waals surface area (Å²) in [7, 11) is -3.05. The summed E-state index contributed by atoms with van der Waals surface area (Å²) in [5.74, 6) is 0.992. The fraction of sp³-hybridized carbons (Fsp3) is 0.125. The Morgan fingerprint density at radius 3 is 2.54 bits per heavy atom. The van der Waals surface area contributed by atoms with Gasteiger partial charge in [-0.1, -0.05) is 23.7 Å². The minimum absolute atomic E-state index is 0.0112. The molecule has 0 aliphatic rings. The summed E-state index contributed by atoms with van der Waals surface area (Å²) in [6.07, 6.45) is 4.28. The fourth-order valence-electron chi connectivity index (χ4n) is 2.14. The van der Waals surface area contributed by atoms with E-state index in [4.69, 9.17) is 16.0 Å². The Bertz CT molecular complexity index is 939. The molecule has 0 fully saturated rings. The van der Waals surface area contributed by atoms with Gasteiger partial charge in [0, 0.05) is 18.0 Å². The summed E-state index contributed by atoms with van der Waals surface area (Å²) in [5.41, 5.74) is 2.21.